The molecule has 0 bridgehead atoms. The maximum Gasteiger partial charge on any atom is 0.0594 e. The molecule has 4 heteroatoms. The first-order valence-electron chi connectivity index (χ1n) is 10.8. The first-order chi connectivity index (χ1) is 13.9. The van der Waals surface area contributed by atoms with E-state index in [1.165, 1.54) is 53.6 Å². The Labute approximate surface area is 173 Å². The molecule has 0 saturated carbocycles. The van der Waals surface area contributed by atoms with Gasteiger partial charge in [-0.1, -0.05) is 42.5 Å². The van der Waals surface area contributed by atoms with Gasteiger partial charge in [0.05, 0.1) is 19.3 Å². The Morgan fingerprint density at radius 3 is 2.75 bits per heavy atom. The highest BCUT2D eigenvalue weighted by molar-refractivity contribution is 7.99. The lowest BCUT2D eigenvalue weighted by Crippen LogP contribution is -2.37. The van der Waals surface area contributed by atoms with Crippen LogP contribution in [-0.2, 0) is 15.9 Å². The number of morpholine rings is 1. The van der Waals surface area contributed by atoms with Crippen LogP contribution in [0, 0.1) is 5.92 Å². The van der Waals surface area contributed by atoms with Gasteiger partial charge in [0.15, 0.2) is 0 Å². The predicted molar refractivity (Wildman–Crippen MR) is 119 cm³/mol. The third kappa shape index (κ3) is 5.73. The summed E-state index contributed by atoms with van der Waals surface area (Å²) in [6, 6.07) is 15.6. The first kappa shape index (κ1) is 20.2. The molecule has 4 rings (SSSR count). The molecule has 2 fully saturated rings. The molecule has 0 spiro atoms. The molecule has 2 aliphatic rings. The molecule has 2 saturated heterocycles. The van der Waals surface area contributed by atoms with Crippen LogP contribution in [-0.4, -0.2) is 62.0 Å². The summed E-state index contributed by atoms with van der Waals surface area (Å²) in [6.45, 7) is 6.12. The van der Waals surface area contributed by atoms with E-state index in [0.717, 1.165) is 39.3 Å². The number of fused-ring (bicyclic) bond motifs is 1. The van der Waals surface area contributed by atoms with Crippen LogP contribution in [0.2, 0.25) is 0 Å². The molecule has 0 amide bonds. The van der Waals surface area contributed by atoms with Crippen molar-refractivity contribution in [3.63, 3.8) is 0 Å². The monoisotopic (exact) mass is 399 g/mol. The zero-order valence-electron chi connectivity index (χ0n) is 16.9. The van der Waals surface area contributed by atoms with Crippen LogP contribution < -0.4 is 0 Å². The van der Waals surface area contributed by atoms with Crippen molar-refractivity contribution in [2.24, 2.45) is 5.92 Å². The average molecular weight is 400 g/mol. The maximum atomic E-state index is 5.98. The molecule has 0 radical (unpaired) electrons. The Bertz CT molecular complexity index is 720. The molecule has 0 aromatic heterocycles. The van der Waals surface area contributed by atoms with Crippen molar-refractivity contribution >= 4 is 22.5 Å². The maximum absolute atomic E-state index is 5.98. The predicted octanol–water partition coefficient (Wildman–Crippen LogP) is 4.63. The lowest BCUT2D eigenvalue weighted by atomic mass is 9.91. The molecule has 2 heterocycles. The molecule has 2 aromatic carbocycles. The second-order valence-corrected chi connectivity index (χ2v) is 9.26. The summed E-state index contributed by atoms with van der Waals surface area (Å²) in [5.41, 5.74) is 1.50. The summed E-state index contributed by atoms with van der Waals surface area (Å²) in [5.74, 6) is 3.13. The van der Waals surface area contributed by atoms with Gasteiger partial charge in [0, 0.05) is 32.0 Å². The van der Waals surface area contributed by atoms with E-state index in [2.05, 4.69) is 59.1 Å². The van der Waals surface area contributed by atoms with E-state index in [0.29, 0.717) is 12.0 Å². The van der Waals surface area contributed by atoms with Crippen LogP contribution in [0.5, 0.6) is 0 Å². The topological polar surface area (TPSA) is 21.7 Å². The number of hydrogen-bond acceptors (Lipinski definition) is 4. The highest BCUT2D eigenvalue weighted by Crippen LogP contribution is 2.28. The molecular formula is C24H33NO2S. The number of benzene rings is 2. The second kappa shape index (κ2) is 10.6. The third-order valence-corrected chi connectivity index (χ3v) is 7.20. The minimum Gasteiger partial charge on any atom is -0.379 e. The summed E-state index contributed by atoms with van der Waals surface area (Å²) in [7, 11) is 0. The molecule has 2 unspecified atom stereocenters. The van der Waals surface area contributed by atoms with E-state index in [1.54, 1.807) is 0 Å². The summed E-state index contributed by atoms with van der Waals surface area (Å²) < 4.78 is 11.4. The second-order valence-electron chi connectivity index (χ2n) is 8.11. The van der Waals surface area contributed by atoms with Gasteiger partial charge in [0.2, 0.25) is 0 Å². The molecular weight excluding hydrogens is 366 g/mol. The summed E-state index contributed by atoms with van der Waals surface area (Å²) in [4.78, 5) is 2.54. The van der Waals surface area contributed by atoms with E-state index >= 15 is 0 Å². The van der Waals surface area contributed by atoms with Gasteiger partial charge in [-0.25, -0.2) is 0 Å². The normalized spacial score (nSPS) is 21.9. The minimum absolute atomic E-state index is 0.472. The first-order valence-corrected chi connectivity index (χ1v) is 12.0. The Kier molecular flexibility index (Phi) is 7.68. The van der Waals surface area contributed by atoms with Crippen LogP contribution in [0.25, 0.3) is 10.8 Å². The fourth-order valence-electron chi connectivity index (χ4n) is 4.46. The van der Waals surface area contributed by atoms with Gasteiger partial charge in [-0.3, -0.25) is 4.90 Å². The standard InChI is InChI=1S/C24H33NO2S/c1-2-9-24-21(5-1)6-3-7-22(24)17-20(18-23-8-4-13-27-23)19-28-16-12-25-10-14-26-15-11-25/h1-3,5-7,9,20,23H,4,8,10-19H2. The van der Waals surface area contributed by atoms with E-state index in [1.807, 2.05) is 0 Å². The van der Waals surface area contributed by atoms with E-state index < -0.39 is 0 Å². The molecule has 2 atom stereocenters. The van der Waals surface area contributed by atoms with Gasteiger partial charge in [-0.15, -0.1) is 0 Å². The van der Waals surface area contributed by atoms with Gasteiger partial charge in [0.1, 0.15) is 0 Å². The van der Waals surface area contributed by atoms with Gasteiger partial charge in [-0.05, 0) is 53.7 Å². The fourth-order valence-corrected chi connectivity index (χ4v) is 5.60. The zero-order valence-corrected chi connectivity index (χ0v) is 17.7. The van der Waals surface area contributed by atoms with Crippen molar-refractivity contribution in [3.8, 4) is 0 Å². The summed E-state index contributed by atoms with van der Waals surface area (Å²) in [5, 5.41) is 2.77. The zero-order chi connectivity index (χ0) is 19.0. The van der Waals surface area contributed by atoms with Crippen molar-refractivity contribution in [3.05, 3.63) is 48.0 Å². The van der Waals surface area contributed by atoms with E-state index in [-0.39, 0.29) is 0 Å². The van der Waals surface area contributed by atoms with Crippen LogP contribution in [0.15, 0.2) is 42.5 Å². The van der Waals surface area contributed by atoms with Crippen molar-refractivity contribution in [1.29, 1.82) is 0 Å². The van der Waals surface area contributed by atoms with Gasteiger partial charge in [-0.2, -0.15) is 11.8 Å². The quantitative estimate of drug-likeness (QED) is 0.573. The van der Waals surface area contributed by atoms with Crippen LogP contribution in [0.1, 0.15) is 24.8 Å². The van der Waals surface area contributed by atoms with Crippen LogP contribution in [0.4, 0.5) is 0 Å². The van der Waals surface area contributed by atoms with E-state index in [9.17, 15) is 0 Å². The van der Waals surface area contributed by atoms with Gasteiger partial charge < -0.3 is 9.47 Å². The lowest BCUT2D eigenvalue weighted by molar-refractivity contribution is 0.0410. The van der Waals surface area contributed by atoms with Crippen LogP contribution in [0.3, 0.4) is 0 Å². The minimum atomic E-state index is 0.472. The lowest BCUT2D eigenvalue weighted by Gasteiger charge is -2.27. The number of hydrogen-bond donors (Lipinski definition) is 0. The Hall–Kier alpha value is -1.07. The Morgan fingerprint density at radius 2 is 1.89 bits per heavy atom. The Balaban J connectivity index is 1.35. The van der Waals surface area contributed by atoms with E-state index in [4.69, 9.17) is 9.47 Å². The SMILES string of the molecule is c1ccc2c(CC(CSCCN3CCOCC3)CC3CCCO3)cccc2c1. The smallest absolute Gasteiger partial charge is 0.0594 e. The van der Waals surface area contributed by atoms with Crippen molar-refractivity contribution in [1.82, 2.24) is 4.90 Å². The third-order valence-electron chi connectivity index (χ3n) is 6.02. The summed E-state index contributed by atoms with van der Waals surface area (Å²) >= 11 is 2.12. The molecule has 2 aliphatic heterocycles. The molecule has 28 heavy (non-hydrogen) atoms. The number of nitrogens with zero attached hydrogens (tertiary/aromatic N) is 1. The van der Waals surface area contributed by atoms with Crippen molar-refractivity contribution in [2.45, 2.75) is 31.8 Å². The highest BCUT2D eigenvalue weighted by atomic mass is 32.2. The summed E-state index contributed by atoms with van der Waals surface area (Å²) in [6.07, 6.45) is 5.31. The number of ether oxygens (including phenoxy) is 2. The molecule has 152 valence electrons. The van der Waals surface area contributed by atoms with Crippen molar-refractivity contribution < 1.29 is 9.47 Å². The average Bonchev–Trinajstić information content (AvgIpc) is 3.25. The number of rotatable bonds is 9. The molecule has 3 nitrogen and oxygen atoms in total. The van der Waals surface area contributed by atoms with Gasteiger partial charge >= 0.3 is 0 Å². The molecule has 0 aliphatic carbocycles. The molecule has 0 N–H and O–H groups in total. The fraction of sp³-hybridized carbons (Fsp3) is 0.583. The van der Waals surface area contributed by atoms with Gasteiger partial charge in [0.25, 0.3) is 0 Å². The molecule has 2 aromatic rings. The largest absolute Gasteiger partial charge is 0.379 e. The number of thioether (sulfide) groups is 1. The Morgan fingerprint density at radius 1 is 1.04 bits per heavy atom. The van der Waals surface area contributed by atoms with Crippen molar-refractivity contribution in [2.75, 3.05) is 51.0 Å². The highest BCUT2D eigenvalue weighted by Gasteiger charge is 2.22. The van der Waals surface area contributed by atoms with Crippen LogP contribution >= 0.6 is 11.8 Å².